The van der Waals surface area contributed by atoms with Crippen LogP contribution in [0.15, 0.2) is 4.99 Å². The van der Waals surface area contributed by atoms with E-state index in [2.05, 4.69) is 27.4 Å². The van der Waals surface area contributed by atoms with E-state index in [0.717, 1.165) is 50.5 Å². The number of hydrogen-bond donors (Lipinski definition) is 2. The maximum atomic E-state index is 5.65. The summed E-state index contributed by atoms with van der Waals surface area (Å²) in [6, 6.07) is 0. The van der Waals surface area contributed by atoms with Gasteiger partial charge in [-0.25, -0.2) is 0 Å². The highest BCUT2D eigenvalue weighted by molar-refractivity contribution is 5.79. The van der Waals surface area contributed by atoms with Crippen LogP contribution in [0.5, 0.6) is 0 Å². The Balaban J connectivity index is 1.47. The van der Waals surface area contributed by atoms with Gasteiger partial charge >= 0.3 is 0 Å². The maximum Gasteiger partial charge on any atom is 0.190 e. The summed E-state index contributed by atoms with van der Waals surface area (Å²) in [7, 11) is 1.85. The molecule has 1 aliphatic heterocycles. The van der Waals surface area contributed by atoms with Gasteiger partial charge in [-0.15, -0.1) is 0 Å². The Morgan fingerprint density at radius 2 is 1.91 bits per heavy atom. The highest BCUT2D eigenvalue weighted by atomic mass is 16.5. The van der Waals surface area contributed by atoms with E-state index >= 15 is 0 Å². The van der Waals surface area contributed by atoms with Gasteiger partial charge in [0, 0.05) is 33.4 Å². The summed E-state index contributed by atoms with van der Waals surface area (Å²) >= 11 is 0. The number of likely N-dealkylation sites (tertiary alicyclic amines) is 1. The molecule has 2 rings (SSSR count). The van der Waals surface area contributed by atoms with Crippen LogP contribution in [0.3, 0.4) is 0 Å². The average molecular weight is 325 g/mol. The molecule has 2 N–H and O–H groups in total. The normalized spacial score (nSPS) is 20.7. The molecule has 5 nitrogen and oxygen atoms in total. The SMILES string of the molecule is CCCN1CCC(CNC(=NC)NCCCOCC2CC2)CC1. The van der Waals surface area contributed by atoms with Crippen LogP contribution in [-0.2, 0) is 4.74 Å². The number of nitrogens with zero attached hydrogens (tertiary/aromatic N) is 2. The molecule has 0 radical (unpaired) electrons. The highest BCUT2D eigenvalue weighted by Crippen LogP contribution is 2.28. The van der Waals surface area contributed by atoms with Gasteiger partial charge in [0.05, 0.1) is 0 Å². The molecule has 134 valence electrons. The Morgan fingerprint density at radius 1 is 1.13 bits per heavy atom. The fraction of sp³-hybridized carbons (Fsp3) is 0.944. The molecule has 0 aromatic carbocycles. The number of aliphatic imine (C=N–C) groups is 1. The van der Waals surface area contributed by atoms with Gasteiger partial charge in [-0.05, 0) is 70.0 Å². The quantitative estimate of drug-likeness (QED) is 0.367. The standard InChI is InChI=1S/C18H36N4O/c1-3-10-22-11-7-16(8-12-22)14-21-18(19-2)20-9-4-13-23-15-17-5-6-17/h16-17H,3-15H2,1-2H3,(H2,19,20,21). The van der Waals surface area contributed by atoms with Gasteiger partial charge in [-0.3, -0.25) is 4.99 Å². The van der Waals surface area contributed by atoms with Crippen molar-refractivity contribution < 1.29 is 4.74 Å². The second-order valence-corrected chi connectivity index (χ2v) is 7.04. The van der Waals surface area contributed by atoms with E-state index in [9.17, 15) is 0 Å². The molecule has 1 saturated carbocycles. The van der Waals surface area contributed by atoms with Crippen molar-refractivity contribution in [1.82, 2.24) is 15.5 Å². The molecule has 0 amide bonds. The first-order valence-corrected chi connectivity index (χ1v) is 9.56. The number of ether oxygens (including phenoxy) is 1. The lowest BCUT2D eigenvalue weighted by molar-refractivity contribution is 0.123. The Bertz CT molecular complexity index is 336. The van der Waals surface area contributed by atoms with Crippen LogP contribution in [0.2, 0.25) is 0 Å². The fourth-order valence-corrected chi connectivity index (χ4v) is 3.11. The lowest BCUT2D eigenvalue weighted by atomic mass is 9.97. The van der Waals surface area contributed by atoms with E-state index in [1.165, 1.54) is 51.7 Å². The molecule has 1 saturated heterocycles. The zero-order valence-electron chi connectivity index (χ0n) is 15.1. The summed E-state index contributed by atoms with van der Waals surface area (Å²) < 4.78 is 5.65. The predicted octanol–water partition coefficient (Wildman–Crippen LogP) is 2.09. The largest absolute Gasteiger partial charge is 0.381 e. The van der Waals surface area contributed by atoms with Gasteiger partial charge in [0.2, 0.25) is 0 Å². The van der Waals surface area contributed by atoms with Crippen LogP contribution >= 0.6 is 0 Å². The first-order chi connectivity index (χ1) is 11.3. The molecule has 2 aliphatic rings. The van der Waals surface area contributed by atoms with Crippen molar-refractivity contribution in [2.75, 3.05) is 53.0 Å². The first kappa shape index (κ1) is 18.5. The molecular weight excluding hydrogens is 288 g/mol. The minimum Gasteiger partial charge on any atom is -0.381 e. The number of nitrogens with one attached hydrogen (secondary N) is 2. The molecule has 0 aromatic heterocycles. The van der Waals surface area contributed by atoms with Gasteiger partial charge in [0.15, 0.2) is 5.96 Å². The number of guanidine groups is 1. The van der Waals surface area contributed by atoms with Crippen molar-refractivity contribution in [3.8, 4) is 0 Å². The van der Waals surface area contributed by atoms with E-state index in [1.54, 1.807) is 0 Å². The molecular formula is C18H36N4O. The van der Waals surface area contributed by atoms with Crippen molar-refractivity contribution in [3.63, 3.8) is 0 Å². The van der Waals surface area contributed by atoms with Crippen LogP contribution in [0.1, 0.15) is 45.4 Å². The van der Waals surface area contributed by atoms with Gasteiger partial charge in [0.1, 0.15) is 0 Å². The lowest BCUT2D eigenvalue weighted by Gasteiger charge is -2.32. The average Bonchev–Trinajstić information content (AvgIpc) is 3.39. The van der Waals surface area contributed by atoms with Gasteiger partial charge in [-0.1, -0.05) is 6.92 Å². The van der Waals surface area contributed by atoms with Crippen LogP contribution in [0.4, 0.5) is 0 Å². The lowest BCUT2D eigenvalue weighted by Crippen LogP contribution is -2.43. The van der Waals surface area contributed by atoms with Crippen molar-refractivity contribution >= 4 is 5.96 Å². The Morgan fingerprint density at radius 3 is 2.57 bits per heavy atom. The van der Waals surface area contributed by atoms with Crippen molar-refractivity contribution in [2.24, 2.45) is 16.8 Å². The topological polar surface area (TPSA) is 48.9 Å². The van der Waals surface area contributed by atoms with E-state index < -0.39 is 0 Å². The monoisotopic (exact) mass is 324 g/mol. The Hall–Kier alpha value is -0.810. The molecule has 0 bridgehead atoms. The van der Waals surface area contributed by atoms with Gasteiger partial charge in [0.25, 0.3) is 0 Å². The Kier molecular flexibility index (Phi) is 8.76. The van der Waals surface area contributed by atoms with E-state index in [4.69, 9.17) is 4.74 Å². The predicted molar refractivity (Wildman–Crippen MR) is 97.0 cm³/mol. The molecule has 0 unspecified atom stereocenters. The third kappa shape index (κ3) is 8.02. The van der Waals surface area contributed by atoms with E-state index in [-0.39, 0.29) is 0 Å². The van der Waals surface area contributed by atoms with Crippen LogP contribution in [0.25, 0.3) is 0 Å². The third-order valence-corrected chi connectivity index (χ3v) is 4.84. The molecule has 5 heteroatoms. The van der Waals surface area contributed by atoms with Crippen molar-refractivity contribution in [3.05, 3.63) is 0 Å². The second kappa shape index (κ2) is 10.9. The van der Waals surface area contributed by atoms with Crippen LogP contribution < -0.4 is 10.6 Å². The van der Waals surface area contributed by atoms with E-state index in [1.807, 2.05) is 7.05 Å². The highest BCUT2D eigenvalue weighted by Gasteiger charge is 2.21. The summed E-state index contributed by atoms with van der Waals surface area (Å²) in [6.07, 6.45) is 7.66. The van der Waals surface area contributed by atoms with Gasteiger partial charge in [-0.2, -0.15) is 0 Å². The summed E-state index contributed by atoms with van der Waals surface area (Å²) in [5.74, 6) is 2.58. The molecule has 0 aromatic rings. The minimum absolute atomic E-state index is 0.781. The minimum atomic E-state index is 0.781. The molecule has 1 aliphatic carbocycles. The molecule has 2 fully saturated rings. The second-order valence-electron chi connectivity index (χ2n) is 7.04. The van der Waals surface area contributed by atoms with Crippen LogP contribution in [0, 0.1) is 11.8 Å². The van der Waals surface area contributed by atoms with Crippen molar-refractivity contribution in [1.29, 1.82) is 0 Å². The zero-order valence-corrected chi connectivity index (χ0v) is 15.1. The molecule has 23 heavy (non-hydrogen) atoms. The summed E-state index contributed by atoms with van der Waals surface area (Å²) in [4.78, 5) is 6.90. The first-order valence-electron chi connectivity index (χ1n) is 9.56. The molecule has 1 heterocycles. The van der Waals surface area contributed by atoms with Crippen molar-refractivity contribution in [2.45, 2.75) is 45.4 Å². The number of piperidine rings is 1. The van der Waals surface area contributed by atoms with E-state index in [0.29, 0.717) is 0 Å². The molecule has 0 spiro atoms. The molecule has 0 atom stereocenters. The van der Waals surface area contributed by atoms with Crippen LogP contribution in [-0.4, -0.2) is 63.8 Å². The summed E-state index contributed by atoms with van der Waals surface area (Å²) in [5, 5.41) is 6.87. The zero-order chi connectivity index (χ0) is 16.3. The third-order valence-electron chi connectivity index (χ3n) is 4.84. The summed E-state index contributed by atoms with van der Waals surface area (Å²) in [5.41, 5.74) is 0. The number of rotatable bonds is 10. The smallest absolute Gasteiger partial charge is 0.190 e. The summed E-state index contributed by atoms with van der Waals surface area (Å²) in [6.45, 7) is 9.82. The number of hydrogen-bond acceptors (Lipinski definition) is 3. The fourth-order valence-electron chi connectivity index (χ4n) is 3.11. The Labute approximate surface area is 142 Å². The van der Waals surface area contributed by atoms with Gasteiger partial charge < -0.3 is 20.3 Å². The maximum absolute atomic E-state index is 5.65.